The van der Waals surface area contributed by atoms with Crippen LogP contribution in [-0.2, 0) is 28.7 Å². The molecule has 3 heterocycles. The van der Waals surface area contributed by atoms with E-state index in [2.05, 4.69) is 34.4 Å². The molecule has 0 radical (unpaired) electrons. The number of aliphatic hydroxyl groups excluding tert-OH is 1. The molecule has 10 nitrogen and oxygen atoms in total. The average Bonchev–Trinajstić information content (AvgIpc) is 3.63. The van der Waals surface area contributed by atoms with Crippen molar-refractivity contribution in [1.29, 1.82) is 0 Å². The SMILES string of the molecule is C=CCCC(=O)NC[C@H](OC(=O)[C@H]1[C@@H]2O[C@@]3(CC2Br)[C@@H]1C(=O)N(CCCCO)[C@@H]3C(=O)N(CC=C)CCCC)c1ccccc1. The number of fused-ring (bicyclic) bond motifs is 1. The van der Waals surface area contributed by atoms with Crippen LogP contribution in [0.3, 0.4) is 0 Å². The van der Waals surface area contributed by atoms with Gasteiger partial charge >= 0.3 is 5.97 Å². The van der Waals surface area contributed by atoms with E-state index < -0.39 is 41.7 Å². The van der Waals surface area contributed by atoms with Gasteiger partial charge in [-0.2, -0.15) is 0 Å². The topological polar surface area (TPSA) is 125 Å². The molecule has 3 amide bonds. The monoisotopic (exact) mass is 687 g/mol. The number of benzene rings is 1. The van der Waals surface area contributed by atoms with Gasteiger partial charge in [0.15, 0.2) is 0 Å². The molecule has 11 heteroatoms. The third-order valence-corrected chi connectivity index (χ3v) is 9.88. The van der Waals surface area contributed by atoms with Crippen LogP contribution in [0.15, 0.2) is 55.6 Å². The summed E-state index contributed by atoms with van der Waals surface area (Å²) in [7, 11) is 0. The van der Waals surface area contributed by atoms with E-state index >= 15 is 0 Å². The number of nitrogens with zero attached hydrogens (tertiary/aromatic N) is 2. The van der Waals surface area contributed by atoms with E-state index in [-0.39, 0.29) is 48.7 Å². The standard InChI is InChI=1S/C34H46BrN3O7/c1-4-7-16-26(40)36-22-25(23-14-10-9-11-15-23)44-33(43)27-28-31(41)38(19-12-13-20-39)30(34(28)21-24(35)29(27)45-34)32(42)37(17-6-3)18-8-5-2/h4,6,9-11,14-15,24-25,27-30,39H,1,3,5,7-8,12-13,16-22H2,2H3,(H,36,40)/t24?,25-,27+,28-,29+,30+,34-/m0/s1. The minimum absolute atomic E-state index is 0.0314. The van der Waals surface area contributed by atoms with Gasteiger partial charge in [-0.1, -0.05) is 71.8 Å². The van der Waals surface area contributed by atoms with Gasteiger partial charge in [0.2, 0.25) is 17.7 Å². The normalized spacial score (nSPS) is 27.1. The van der Waals surface area contributed by atoms with Crippen LogP contribution in [0.1, 0.15) is 63.5 Å². The molecule has 3 fully saturated rings. The average molecular weight is 689 g/mol. The van der Waals surface area contributed by atoms with E-state index in [4.69, 9.17) is 9.47 Å². The number of hydrogen-bond acceptors (Lipinski definition) is 7. The Morgan fingerprint density at radius 2 is 1.98 bits per heavy atom. The summed E-state index contributed by atoms with van der Waals surface area (Å²) < 4.78 is 12.7. The number of esters is 1. The Balaban J connectivity index is 1.64. The van der Waals surface area contributed by atoms with Gasteiger partial charge in [-0.15, -0.1) is 13.2 Å². The molecule has 0 saturated carbocycles. The molecule has 2 N–H and O–H groups in total. The van der Waals surface area contributed by atoms with Crippen LogP contribution in [-0.4, -0.2) is 94.0 Å². The molecule has 1 aromatic carbocycles. The highest BCUT2D eigenvalue weighted by Crippen LogP contribution is 2.60. The fourth-order valence-corrected chi connectivity index (χ4v) is 7.87. The zero-order valence-electron chi connectivity index (χ0n) is 26.1. The van der Waals surface area contributed by atoms with Crippen LogP contribution >= 0.6 is 15.9 Å². The van der Waals surface area contributed by atoms with Crippen molar-refractivity contribution in [3.63, 3.8) is 0 Å². The lowest BCUT2D eigenvalue weighted by Gasteiger charge is -2.37. The number of likely N-dealkylation sites (tertiary alicyclic amines) is 1. The van der Waals surface area contributed by atoms with Crippen molar-refractivity contribution in [2.24, 2.45) is 11.8 Å². The van der Waals surface area contributed by atoms with Gasteiger partial charge in [-0.05, 0) is 37.7 Å². The Kier molecular flexibility index (Phi) is 12.4. The van der Waals surface area contributed by atoms with Gasteiger partial charge in [0.25, 0.3) is 0 Å². The number of aliphatic hydroxyl groups is 1. The lowest BCUT2D eigenvalue weighted by molar-refractivity contribution is -0.160. The van der Waals surface area contributed by atoms with Crippen molar-refractivity contribution in [3.8, 4) is 0 Å². The fourth-order valence-electron chi connectivity index (χ4n) is 6.92. The first-order valence-electron chi connectivity index (χ1n) is 16.0. The molecule has 3 aliphatic heterocycles. The molecule has 3 saturated heterocycles. The first kappa shape index (κ1) is 34.8. The Bertz CT molecular complexity index is 1230. The third-order valence-electron chi connectivity index (χ3n) is 9.04. The molecule has 4 rings (SSSR count). The van der Waals surface area contributed by atoms with Gasteiger partial charge in [0, 0.05) is 37.5 Å². The summed E-state index contributed by atoms with van der Waals surface area (Å²) in [4.78, 5) is 58.1. The summed E-state index contributed by atoms with van der Waals surface area (Å²) in [6, 6.07) is 8.24. The van der Waals surface area contributed by atoms with E-state index in [0.717, 1.165) is 12.8 Å². The Morgan fingerprint density at radius 3 is 2.64 bits per heavy atom. The molecule has 246 valence electrons. The number of alkyl halides is 1. The largest absolute Gasteiger partial charge is 0.455 e. The zero-order chi connectivity index (χ0) is 32.6. The smallest absolute Gasteiger partial charge is 0.313 e. The second kappa shape index (κ2) is 16.0. The Morgan fingerprint density at radius 1 is 1.22 bits per heavy atom. The number of ether oxygens (including phenoxy) is 2. The number of halogens is 1. The second-order valence-corrected chi connectivity index (χ2v) is 13.2. The number of nitrogens with one attached hydrogen (secondary N) is 1. The molecule has 1 unspecified atom stereocenters. The van der Waals surface area contributed by atoms with E-state index in [1.165, 1.54) is 0 Å². The number of carbonyl (C=O) groups excluding carboxylic acids is 4. The maximum Gasteiger partial charge on any atom is 0.313 e. The van der Waals surface area contributed by atoms with Crippen molar-refractivity contribution >= 4 is 39.6 Å². The molecule has 7 atom stereocenters. The summed E-state index contributed by atoms with van der Waals surface area (Å²) in [5, 5.41) is 12.3. The Labute approximate surface area is 274 Å². The minimum atomic E-state index is -1.21. The molecular weight excluding hydrogens is 642 g/mol. The highest BCUT2D eigenvalue weighted by Gasteiger charge is 2.77. The van der Waals surface area contributed by atoms with Crippen LogP contribution < -0.4 is 5.32 Å². The number of unbranched alkanes of at least 4 members (excludes halogenated alkanes) is 2. The fraction of sp³-hybridized carbons (Fsp3) is 0.588. The first-order chi connectivity index (χ1) is 21.7. The number of rotatable bonds is 18. The maximum absolute atomic E-state index is 14.3. The van der Waals surface area contributed by atoms with Crippen molar-refractivity contribution < 1.29 is 33.8 Å². The summed E-state index contributed by atoms with van der Waals surface area (Å²) in [5.41, 5.74) is -0.501. The minimum Gasteiger partial charge on any atom is -0.455 e. The van der Waals surface area contributed by atoms with Crippen LogP contribution in [0.4, 0.5) is 0 Å². The van der Waals surface area contributed by atoms with Crippen LogP contribution in [0.5, 0.6) is 0 Å². The van der Waals surface area contributed by atoms with Gasteiger partial charge in [0.1, 0.15) is 17.7 Å². The van der Waals surface area contributed by atoms with E-state index in [9.17, 15) is 24.3 Å². The highest BCUT2D eigenvalue weighted by atomic mass is 79.9. The summed E-state index contributed by atoms with van der Waals surface area (Å²) >= 11 is 3.71. The number of hydrogen-bond donors (Lipinski definition) is 2. The summed E-state index contributed by atoms with van der Waals surface area (Å²) in [6.07, 6.45) is 5.74. The first-order valence-corrected chi connectivity index (χ1v) is 16.9. The number of carbonyl (C=O) groups is 4. The van der Waals surface area contributed by atoms with Crippen molar-refractivity contribution in [3.05, 3.63) is 61.2 Å². The predicted octanol–water partition coefficient (Wildman–Crippen LogP) is 3.69. The zero-order valence-corrected chi connectivity index (χ0v) is 27.7. The maximum atomic E-state index is 14.3. The number of amides is 3. The van der Waals surface area contributed by atoms with E-state index in [1.807, 2.05) is 37.3 Å². The highest BCUT2D eigenvalue weighted by molar-refractivity contribution is 9.09. The van der Waals surface area contributed by atoms with Crippen LogP contribution in [0.2, 0.25) is 0 Å². The lowest BCUT2D eigenvalue weighted by Crippen LogP contribution is -2.57. The Hall–Kier alpha value is -3.02. The van der Waals surface area contributed by atoms with Crippen LogP contribution in [0.25, 0.3) is 0 Å². The molecule has 3 aliphatic rings. The number of allylic oxidation sites excluding steroid dienone is 1. The van der Waals surface area contributed by atoms with Gasteiger partial charge in [0.05, 0.1) is 24.5 Å². The van der Waals surface area contributed by atoms with E-state index in [0.29, 0.717) is 44.3 Å². The van der Waals surface area contributed by atoms with Gasteiger partial charge < -0.3 is 29.7 Å². The van der Waals surface area contributed by atoms with E-state index in [1.54, 1.807) is 22.0 Å². The molecule has 45 heavy (non-hydrogen) atoms. The molecule has 1 spiro atoms. The second-order valence-electron chi connectivity index (χ2n) is 12.0. The quantitative estimate of drug-likeness (QED) is 0.104. The summed E-state index contributed by atoms with van der Waals surface area (Å²) in [6.45, 7) is 10.7. The molecule has 0 aliphatic carbocycles. The predicted molar refractivity (Wildman–Crippen MR) is 173 cm³/mol. The van der Waals surface area contributed by atoms with Crippen molar-refractivity contribution in [2.75, 3.05) is 32.8 Å². The lowest BCUT2D eigenvalue weighted by atomic mass is 9.70. The molecule has 0 aromatic heterocycles. The van der Waals surface area contributed by atoms with Crippen molar-refractivity contribution in [2.45, 2.75) is 80.5 Å². The molecular formula is C34H46BrN3O7. The molecule has 1 aromatic rings. The van der Waals surface area contributed by atoms with Gasteiger partial charge in [-0.25, -0.2) is 0 Å². The third kappa shape index (κ3) is 7.36. The van der Waals surface area contributed by atoms with Crippen molar-refractivity contribution in [1.82, 2.24) is 15.1 Å². The molecule has 2 bridgehead atoms. The van der Waals surface area contributed by atoms with Crippen LogP contribution in [0, 0.1) is 11.8 Å². The summed E-state index contributed by atoms with van der Waals surface area (Å²) in [5.74, 6) is -3.16. The van der Waals surface area contributed by atoms with Gasteiger partial charge in [-0.3, -0.25) is 19.2 Å².